The molecule has 4 heteroatoms. The fourth-order valence-corrected chi connectivity index (χ4v) is 3.20. The minimum atomic E-state index is 0.0706. The van der Waals surface area contributed by atoms with Crippen molar-refractivity contribution in [1.29, 1.82) is 0 Å². The fraction of sp³-hybridized carbons (Fsp3) is 0.455. The smallest absolute Gasteiger partial charge is 0.0513 e. The van der Waals surface area contributed by atoms with Gasteiger partial charge in [-0.25, -0.2) is 0 Å². The molecule has 2 unspecified atom stereocenters. The number of hydrogen-bond acceptors (Lipinski definition) is 2. The number of hydrogen-bond donors (Lipinski definition) is 1. The highest BCUT2D eigenvalue weighted by atomic mass is 79.9. The molecule has 1 aliphatic heterocycles. The van der Waals surface area contributed by atoms with Crippen LogP contribution in [0.1, 0.15) is 18.0 Å². The predicted octanol–water partition coefficient (Wildman–Crippen LogP) is 3.25. The summed E-state index contributed by atoms with van der Waals surface area (Å²) in [6.07, 6.45) is 1.06. The second-order valence-electron chi connectivity index (χ2n) is 3.85. The van der Waals surface area contributed by atoms with Crippen LogP contribution in [-0.2, 0) is 4.74 Å². The topological polar surface area (TPSA) is 35.2 Å². The molecule has 2 atom stereocenters. The third-order valence-electron chi connectivity index (χ3n) is 2.74. The molecule has 0 bridgehead atoms. The first kappa shape index (κ1) is 11.6. The second-order valence-corrected chi connectivity index (χ2v) is 5.68. The molecule has 0 amide bonds. The number of ether oxygens (including phenoxy) is 1. The zero-order valence-corrected chi connectivity index (χ0v) is 11.4. The minimum absolute atomic E-state index is 0.0706. The van der Waals surface area contributed by atoms with Crippen molar-refractivity contribution in [3.63, 3.8) is 0 Å². The van der Waals surface area contributed by atoms with Crippen LogP contribution in [0.25, 0.3) is 0 Å². The molecule has 0 aromatic heterocycles. The van der Waals surface area contributed by atoms with E-state index in [0.717, 1.165) is 34.1 Å². The molecule has 1 aromatic rings. The van der Waals surface area contributed by atoms with Crippen molar-refractivity contribution in [2.24, 2.45) is 11.7 Å². The molecular formula is C11H13Br2NO. The lowest BCUT2D eigenvalue weighted by Crippen LogP contribution is -2.21. The summed E-state index contributed by atoms with van der Waals surface area (Å²) in [5.41, 5.74) is 7.38. The van der Waals surface area contributed by atoms with Gasteiger partial charge in [-0.05, 0) is 30.2 Å². The van der Waals surface area contributed by atoms with E-state index in [1.54, 1.807) is 0 Å². The van der Waals surface area contributed by atoms with Gasteiger partial charge in [0.1, 0.15) is 0 Å². The quantitative estimate of drug-likeness (QED) is 0.901. The first-order chi connectivity index (χ1) is 7.16. The van der Waals surface area contributed by atoms with Gasteiger partial charge in [0.15, 0.2) is 0 Å². The van der Waals surface area contributed by atoms with Gasteiger partial charge in [-0.2, -0.15) is 0 Å². The van der Waals surface area contributed by atoms with E-state index in [0.29, 0.717) is 5.92 Å². The van der Waals surface area contributed by atoms with Gasteiger partial charge in [0.25, 0.3) is 0 Å². The average Bonchev–Trinajstić information content (AvgIpc) is 2.67. The molecule has 1 aliphatic rings. The molecule has 1 heterocycles. The summed E-state index contributed by atoms with van der Waals surface area (Å²) in [7, 11) is 0. The lowest BCUT2D eigenvalue weighted by Gasteiger charge is -2.18. The second kappa shape index (κ2) is 4.95. The van der Waals surface area contributed by atoms with Crippen LogP contribution in [0.2, 0.25) is 0 Å². The zero-order chi connectivity index (χ0) is 10.8. The summed E-state index contributed by atoms with van der Waals surface area (Å²) in [4.78, 5) is 0. The third-order valence-corrected chi connectivity index (χ3v) is 3.66. The zero-order valence-electron chi connectivity index (χ0n) is 8.25. The van der Waals surface area contributed by atoms with Crippen LogP contribution < -0.4 is 5.73 Å². The van der Waals surface area contributed by atoms with Gasteiger partial charge in [0, 0.05) is 27.5 Å². The molecule has 1 saturated heterocycles. The summed E-state index contributed by atoms with van der Waals surface area (Å²) in [6.45, 7) is 1.62. The van der Waals surface area contributed by atoms with E-state index in [2.05, 4.69) is 44.0 Å². The van der Waals surface area contributed by atoms with E-state index in [1.807, 2.05) is 6.07 Å². The van der Waals surface area contributed by atoms with Crippen molar-refractivity contribution in [2.45, 2.75) is 12.5 Å². The van der Waals surface area contributed by atoms with Crippen LogP contribution >= 0.6 is 31.9 Å². The molecule has 0 aliphatic carbocycles. The van der Waals surface area contributed by atoms with Crippen molar-refractivity contribution in [1.82, 2.24) is 0 Å². The molecule has 0 saturated carbocycles. The maximum absolute atomic E-state index is 6.22. The van der Waals surface area contributed by atoms with Crippen LogP contribution in [0.3, 0.4) is 0 Å². The van der Waals surface area contributed by atoms with Crippen molar-refractivity contribution < 1.29 is 4.74 Å². The van der Waals surface area contributed by atoms with E-state index >= 15 is 0 Å². The van der Waals surface area contributed by atoms with Gasteiger partial charge >= 0.3 is 0 Å². The van der Waals surface area contributed by atoms with Crippen molar-refractivity contribution >= 4 is 31.9 Å². The third kappa shape index (κ3) is 2.81. The Morgan fingerprint density at radius 2 is 1.93 bits per heavy atom. The van der Waals surface area contributed by atoms with Crippen LogP contribution in [0.15, 0.2) is 27.1 Å². The predicted molar refractivity (Wildman–Crippen MR) is 67.7 cm³/mol. The van der Waals surface area contributed by atoms with Crippen LogP contribution in [0.4, 0.5) is 0 Å². The standard InChI is InChI=1S/C11H13Br2NO/c12-9-3-8(4-10(13)5-9)11(14)7-1-2-15-6-7/h3-5,7,11H,1-2,6,14H2. The highest BCUT2D eigenvalue weighted by molar-refractivity contribution is 9.11. The van der Waals surface area contributed by atoms with E-state index in [-0.39, 0.29) is 6.04 Å². The minimum Gasteiger partial charge on any atom is -0.381 e. The Balaban J connectivity index is 2.20. The van der Waals surface area contributed by atoms with Gasteiger partial charge in [-0.3, -0.25) is 0 Å². The molecule has 2 nitrogen and oxygen atoms in total. The number of halogens is 2. The maximum atomic E-state index is 6.22. The Morgan fingerprint density at radius 3 is 2.47 bits per heavy atom. The first-order valence-corrected chi connectivity index (χ1v) is 6.55. The molecule has 0 radical (unpaired) electrons. The molecule has 2 N–H and O–H groups in total. The lowest BCUT2D eigenvalue weighted by atomic mass is 9.93. The molecule has 1 aromatic carbocycles. The van der Waals surface area contributed by atoms with Crippen LogP contribution in [-0.4, -0.2) is 13.2 Å². The van der Waals surface area contributed by atoms with Crippen LogP contribution in [0.5, 0.6) is 0 Å². The molecular weight excluding hydrogens is 322 g/mol. The molecule has 82 valence electrons. The molecule has 15 heavy (non-hydrogen) atoms. The summed E-state index contributed by atoms with van der Waals surface area (Å²) in [5, 5.41) is 0. The average molecular weight is 335 g/mol. The summed E-state index contributed by atoms with van der Waals surface area (Å²) < 4.78 is 7.47. The van der Waals surface area contributed by atoms with Crippen LogP contribution in [0, 0.1) is 5.92 Å². The van der Waals surface area contributed by atoms with E-state index in [9.17, 15) is 0 Å². The Labute approximate surface area is 106 Å². The van der Waals surface area contributed by atoms with Gasteiger partial charge < -0.3 is 10.5 Å². The van der Waals surface area contributed by atoms with Gasteiger partial charge in [-0.1, -0.05) is 31.9 Å². The summed E-state index contributed by atoms with van der Waals surface area (Å²) >= 11 is 6.95. The number of benzene rings is 1. The number of rotatable bonds is 2. The summed E-state index contributed by atoms with van der Waals surface area (Å²) in [5.74, 6) is 0.450. The largest absolute Gasteiger partial charge is 0.381 e. The normalized spacial score (nSPS) is 23.0. The Morgan fingerprint density at radius 1 is 1.27 bits per heavy atom. The highest BCUT2D eigenvalue weighted by Crippen LogP contribution is 2.30. The van der Waals surface area contributed by atoms with E-state index < -0.39 is 0 Å². The first-order valence-electron chi connectivity index (χ1n) is 4.96. The van der Waals surface area contributed by atoms with Crippen molar-refractivity contribution in [3.8, 4) is 0 Å². The van der Waals surface area contributed by atoms with E-state index in [1.165, 1.54) is 0 Å². The molecule has 2 rings (SSSR count). The van der Waals surface area contributed by atoms with Crippen molar-refractivity contribution in [2.75, 3.05) is 13.2 Å². The Kier molecular flexibility index (Phi) is 3.83. The lowest BCUT2D eigenvalue weighted by molar-refractivity contribution is 0.181. The van der Waals surface area contributed by atoms with E-state index in [4.69, 9.17) is 10.5 Å². The Bertz CT molecular complexity index is 330. The fourth-order valence-electron chi connectivity index (χ4n) is 1.88. The van der Waals surface area contributed by atoms with Gasteiger partial charge in [0.2, 0.25) is 0 Å². The highest BCUT2D eigenvalue weighted by Gasteiger charge is 2.24. The molecule has 0 spiro atoms. The van der Waals surface area contributed by atoms with Gasteiger partial charge in [-0.15, -0.1) is 0 Å². The monoisotopic (exact) mass is 333 g/mol. The number of nitrogens with two attached hydrogens (primary N) is 1. The van der Waals surface area contributed by atoms with Gasteiger partial charge in [0.05, 0.1) is 6.61 Å². The summed E-state index contributed by atoms with van der Waals surface area (Å²) in [6, 6.07) is 6.24. The Hall–Kier alpha value is 0.1000. The molecule has 1 fully saturated rings. The maximum Gasteiger partial charge on any atom is 0.0513 e. The van der Waals surface area contributed by atoms with Crippen molar-refractivity contribution in [3.05, 3.63) is 32.7 Å². The SMILES string of the molecule is NC(c1cc(Br)cc(Br)c1)C1CCOC1.